The standard InChI is InChI=1S/C13H17O3/c1-14-12-7-5-11(6-8-12)10-16-13-4-2-3-9-15-13/h5-8,10,13H,2-4,9H2,1H3. The van der Waals surface area contributed by atoms with Crippen LogP contribution in [0.1, 0.15) is 24.8 Å². The highest BCUT2D eigenvalue weighted by Crippen LogP contribution is 2.18. The molecular weight excluding hydrogens is 204 g/mol. The van der Waals surface area contributed by atoms with Crippen molar-refractivity contribution >= 4 is 0 Å². The Labute approximate surface area is 96.3 Å². The van der Waals surface area contributed by atoms with E-state index in [1.165, 1.54) is 6.42 Å². The molecule has 2 rings (SSSR count). The fourth-order valence-electron chi connectivity index (χ4n) is 1.66. The highest BCUT2D eigenvalue weighted by molar-refractivity contribution is 5.29. The van der Waals surface area contributed by atoms with Gasteiger partial charge in [-0.25, -0.2) is 0 Å². The van der Waals surface area contributed by atoms with Crippen molar-refractivity contribution in [3.05, 3.63) is 36.4 Å². The van der Waals surface area contributed by atoms with Crippen LogP contribution in [0.15, 0.2) is 24.3 Å². The summed E-state index contributed by atoms with van der Waals surface area (Å²) < 4.78 is 16.1. The number of ether oxygens (including phenoxy) is 3. The molecule has 3 nitrogen and oxygen atoms in total. The molecule has 87 valence electrons. The number of rotatable bonds is 4. The summed E-state index contributed by atoms with van der Waals surface area (Å²) in [6.07, 6.45) is 3.23. The Morgan fingerprint density at radius 3 is 2.69 bits per heavy atom. The SMILES string of the molecule is COc1ccc([CH]OC2CCCCO2)cc1. The molecule has 1 unspecified atom stereocenters. The van der Waals surface area contributed by atoms with Crippen molar-refractivity contribution in [3.63, 3.8) is 0 Å². The maximum atomic E-state index is 5.55. The van der Waals surface area contributed by atoms with E-state index >= 15 is 0 Å². The third-order valence-electron chi connectivity index (χ3n) is 2.61. The van der Waals surface area contributed by atoms with Gasteiger partial charge < -0.3 is 14.2 Å². The molecule has 0 N–H and O–H groups in total. The first-order valence-electron chi connectivity index (χ1n) is 5.63. The van der Waals surface area contributed by atoms with Gasteiger partial charge >= 0.3 is 0 Å². The summed E-state index contributed by atoms with van der Waals surface area (Å²) in [6, 6.07) is 7.75. The van der Waals surface area contributed by atoms with Crippen molar-refractivity contribution in [2.45, 2.75) is 25.6 Å². The molecule has 0 spiro atoms. The lowest BCUT2D eigenvalue weighted by Gasteiger charge is -2.22. The van der Waals surface area contributed by atoms with Crippen LogP contribution in [0.5, 0.6) is 5.75 Å². The zero-order valence-electron chi connectivity index (χ0n) is 9.52. The van der Waals surface area contributed by atoms with Gasteiger partial charge in [0.25, 0.3) is 0 Å². The Kier molecular flexibility index (Phi) is 4.19. The van der Waals surface area contributed by atoms with E-state index in [-0.39, 0.29) is 6.29 Å². The molecule has 1 aliphatic heterocycles. The number of hydrogen-bond acceptors (Lipinski definition) is 3. The van der Waals surface area contributed by atoms with Crippen LogP contribution < -0.4 is 4.74 Å². The van der Waals surface area contributed by atoms with E-state index in [2.05, 4.69) is 0 Å². The quantitative estimate of drug-likeness (QED) is 0.782. The van der Waals surface area contributed by atoms with Crippen molar-refractivity contribution in [2.24, 2.45) is 0 Å². The summed E-state index contributed by atoms with van der Waals surface area (Å²) in [6.45, 7) is 2.55. The van der Waals surface area contributed by atoms with Gasteiger partial charge in [0.2, 0.25) is 0 Å². The second-order valence-corrected chi connectivity index (χ2v) is 3.82. The molecular formula is C13H17O3. The molecule has 1 heterocycles. The van der Waals surface area contributed by atoms with Gasteiger partial charge in [-0.2, -0.15) is 0 Å². The fourth-order valence-corrected chi connectivity index (χ4v) is 1.66. The largest absolute Gasteiger partial charge is 0.497 e. The van der Waals surface area contributed by atoms with Crippen LogP contribution in [0.3, 0.4) is 0 Å². The Balaban J connectivity index is 1.79. The summed E-state index contributed by atoms with van der Waals surface area (Å²) in [7, 11) is 1.66. The summed E-state index contributed by atoms with van der Waals surface area (Å²) in [5, 5.41) is 0. The van der Waals surface area contributed by atoms with Gasteiger partial charge in [0.05, 0.1) is 7.11 Å². The highest BCUT2D eigenvalue weighted by atomic mass is 16.7. The van der Waals surface area contributed by atoms with E-state index in [0.29, 0.717) is 0 Å². The van der Waals surface area contributed by atoms with E-state index in [4.69, 9.17) is 14.2 Å². The molecule has 1 aromatic carbocycles. The molecule has 0 aliphatic carbocycles. The van der Waals surface area contributed by atoms with Crippen molar-refractivity contribution in [1.82, 2.24) is 0 Å². The molecule has 0 aromatic heterocycles. The van der Waals surface area contributed by atoms with Crippen molar-refractivity contribution in [1.29, 1.82) is 0 Å². The lowest BCUT2D eigenvalue weighted by molar-refractivity contribution is -0.139. The van der Waals surface area contributed by atoms with E-state index in [1.54, 1.807) is 13.7 Å². The zero-order chi connectivity index (χ0) is 11.2. The first kappa shape index (κ1) is 11.4. The van der Waals surface area contributed by atoms with Crippen LogP contribution in [0.25, 0.3) is 0 Å². The smallest absolute Gasteiger partial charge is 0.158 e. The van der Waals surface area contributed by atoms with Crippen LogP contribution in [0.2, 0.25) is 0 Å². The van der Waals surface area contributed by atoms with E-state index in [1.807, 2.05) is 24.3 Å². The van der Waals surface area contributed by atoms with Crippen molar-refractivity contribution in [2.75, 3.05) is 13.7 Å². The second-order valence-electron chi connectivity index (χ2n) is 3.82. The molecule has 1 fully saturated rings. The van der Waals surface area contributed by atoms with E-state index in [9.17, 15) is 0 Å². The van der Waals surface area contributed by atoms with Gasteiger partial charge in [0.15, 0.2) is 6.29 Å². The van der Waals surface area contributed by atoms with Crippen LogP contribution in [0.4, 0.5) is 0 Å². The normalized spacial score (nSPS) is 20.7. The average Bonchev–Trinajstić information content (AvgIpc) is 2.38. The molecule has 16 heavy (non-hydrogen) atoms. The predicted molar refractivity (Wildman–Crippen MR) is 61.1 cm³/mol. The number of methoxy groups -OCH3 is 1. The Hall–Kier alpha value is -1.06. The molecule has 0 bridgehead atoms. The Morgan fingerprint density at radius 1 is 1.25 bits per heavy atom. The minimum Gasteiger partial charge on any atom is -0.497 e. The van der Waals surface area contributed by atoms with E-state index < -0.39 is 0 Å². The summed E-state index contributed by atoms with van der Waals surface area (Å²) in [5.41, 5.74) is 1.02. The third kappa shape index (κ3) is 3.22. The molecule has 1 atom stereocenters. The molecule has 1 radical (unpaired) electrons. The van der Waals surface area contributed by atoms with Crippen LogP contribution in [-0.2, 0) is 9.47 Å². The van der Waals surface area contributed by atoms with Crippen LogP contribution in [-0.4, -0.2) is 20.0 Å². The molecule has 0 amide bonds. The maximum Gasteiger partial charge on any atom is 0.158 e. The average molecular weight is 221 g/mol. The topological polar surface area (TPSA) is 27.7 Å². The fraction of sp³-hybridized carbons (Fsp3) is 0.462. The number of benzene rings is 1. The van der Waals surface area contributed by atoms with Crippen molar-refractivity contribution < 1.29 is 14.2 Å². The zero-order valence-corrected chi connectivity index (χ0v) is 9.52. The van der Waals surface area contributed by atoms with Crippen LogP contribution in [0, 0.1) is 6.61 Å². The lowest BCUT2D eigenvalue weighted by Crippen LogP contribution is -2.21. The van der Waals surface area contributed by atoms with Gasteiger partial charge in [-0.3, -0.25) is 0 Å². The summed E-state index contributed by atoms with van der Waals surface area (Å²) >= 11 is 0. The van der Waals surface area contributed by atoms with Gasteiger partial charge in [0, 0.05) is 6.61 Å². The van der Waals surface area contributed by atoms with Gasteiger partial charge in [-0.1, -0.05) is 12.1 Å². The van der Waals surface area contributed by atoms with Gasteiger partial charge in [-0.05, 0) is 37.0 Å². The molecule has 1 aliphatic rings. The summed E-state index contributed by atoms with van der Waals surface area (Å²) in [5.74, 6) is 0.853. The van der Waals surface area contributed by atoms with E-state index in [0.717, 1.165) is 30.8 Å². The lowest BCUT2D eigenvalue weighted by atomic mass is 10.2. The maximum absolute atomic E-state index is 5.55. The van der Waals surface area contributed by atoms with Gasteiger partial charge in [0.1, 0.15) is 12.4 Å². The Bertz CT molecular complexity index is 301. The number of hydrogen-bond donors (Lipinski definition) is 0. The summed E-state index contributed by atoms with van der Waals surface area (Å²) in [4.78, 5) is 0. The molecule has 1 saturated heterocycles. The first-order chi connectivity index (χ1) is 7.88. The monoisotopic (exact) mass is 221 g/mol. The molecule has 3 heteroatoms. The predicted octanol–water partition coefficient (Wildman–Crippen LogP) is 2.75. The highest BCUT2D eigenvalue weighted by Gasteiger charge is 2.13. The third-order valence-corrected chi connectivity index (χ3v) is 2.61. The van der Waals surface area contributed by atoms with Crippen molar-refractivity contribution in [3.8, 4) is 5.75 Å². The first-order valence-corrected chi connectivity index (χ1v) is 5.63. The minimum atomic E-state index is -0.0733. The molecule has 1 aromatic rings. The van der Waals surface area contributed by atoms with Gasteiger partial charge in [-0.15, -0.1) is 0 Å². The Morgan fingerprint density at radius 2 is 2.06 bits per heavy atom. The second kappa shape index (κ2) is 5.87. The minimum absolute atomic E-state index is 0.0733. The molecule has 0 saturated carbocycles. The van der Waals surface area contributed by atoms with Crippen LogP contribution >= 0.6 is 0 Å².